The smallest absolute Gasteiger partial charge is 0.313 e. The van der Waals surface area contributed by atoms with Crippen LogP contribution >= 0.6 is 11.6 Å². The summed E-state index contributed by atoms with van der Waals surface area (Å²) in [6, 6.07) is 0. The van der Waals surface area contributed by atoms with Crippen molar-refractivity contribution in [3.8, 4) is 0 Å². The first-order chi connectivity index (χ1) is 23.3. The summed E-state index contributed by atoms with van der Waals surface area (Å²) >= 11 is 7.01. The van der Waals surface area contributed by atoms with Crippen LogP contribution in [0.15, 0.2) is 22.8 Å². The number of aliphatic hydroxyl groups excluding tert-OH is 1. The summed E-state index contributed by atoms with van der Waals surface area (Å²) in [6.45, 7) is 15.3. The Hall–Kier alpha value is -1.87. The van der Waals surface area contributed by atoms with Gasteiger partial charge in [0.1, 0.15) is 17.3 Å². The van der Waals surface area contributed by atoms with Gasteiger partial charge in [0.15, 0.2) is 0 Å². The number of fused-ring (bicyclic) bond motifs is 5. The molecule has 9 heteroatoms. The number of alkyl halides is 1. The van der Waals surface area contributed by atoms with Gasteiger partial charge in [-0.1, -0.05) is 57.8 Å². The Morgan fingerprint density at radius 3 is 2.32 bits per heavy atom. The Labute approximate surface area is 305 Å². The van der Waals surface area contributed by atoms with E-state index < -0.39 is 52.5 Å². The number of halogens is 1. The molecule has 1 saturated carbocycles. The zero-order valence-electron chi connectivity index (χ0n) is 32.0. The summed E-state index contributed by atoms with van der Waals surface area (Å²) in [4.78, 5) is 57.5. The molecule has 0 aromatic carbocycles. The second-order valence-corrected chi connectivity index (χ2v) is 17.9. The molecule has 2 bridgehead atoms. The molecule has 11 atom stereocenters. The fourth-order valence-corrected chi connectivity index (χ4v) is 9.80. The maximum Gasteiger partial charge on any atom is 0.313 e. The van der Waals surface area contributed by atoms with Crippen LogP contribution < -0.4 is 0 Å². The van der Waals surface area contributed by atoms with Gasteiger partial charge in [-0.05, 0) is 83.6 Å². The quantitative estimate of drug-likeness (QED) is 0.171. The third kappa shape index (κ3) is 8.34. The third-order valence-corrected chi connectivity index (χ3v) is 13.6. The number of carbonyl (C=O) groups is 4. The van der Waals surface area contributed by atoms with E-state index in [0.717, 1.165) is 24.0 Å². The first kappa shape index (κ1) is 40.9. The molecule has 1 saturated heterocycles. The van der Waals surface area contributed by atoms with Gasteiger partial charge in [0.2, 0.25) is 0 Å². The Kier molecular flexibility index (Phi) is 13.1. The SMILES string of the molecule is COC(=O)[C@]12CC(=O)[C@H](C(C)C)CC(=O)[C@H](C)CCC[C@H](C)CC(=O)[C@H]1CC(C)=C1[C@H](O)C[C@](C)(O)[C@@H]3CC[C@](C)(O3)[C@@H](Cl)CCC(C)=C[C@@H]12. The van der Waals surface area contributed by atoms with E-state index in [9.17, 15) is 29.4 Å². The van der Waals surface area contributed by atoms with E-state index in [1.807, 2.05) is 54.5 Å². The first-order valence-corrected chi connectivity index (χ1v) is 19.5. The molecule has 2 N–H and O–H groups in total. The van der Waals surface area contributed by atoms with Crippen molar-refractivity contribution >= 4 is 34.9 Å². The summed E-state index contributed by atoms with van der Waals surface area (Å²) in [5.41, 5.74) is -1.54. The number of aliphatic hydroxyl groups is 2. The highest BCUT2D eigenvalue weighted by atomic mass is 35.5. The van der Waals surface area contributed by atoms with Crippen molar-refractivity contribution < 1.29 is 38.9 Å². The van der Waals surface area contributed by atoms with Crippen LogP contribution in [0.25, 0.3) is 0 Å². The molecule has 2 fully saturated rings. The topological polar surface area (TPSA) is 127 Å². The average Bonchev–Trinajstić information content (AvgIpc) is 3.45. The predicted octanol–water partition coefficient (Wildman–Crippen LogP) is 7.49. The number of hydrogen-bond acceptors (Lipinski definition) is 8. The number of hydrogen-bond donors (Lipinski definition) is 2. The molecule has 0 aromatic heterocycles. The molecule has 2 aliphatic heterocycles. The van der Waals surface area contributed by atoms with Crippen LogP contribution in [0.5, 0.6) is 0 Å². The number of carbonyl (C=O) groups excluding carboxylic acids is 4. The Bertz CT molecular complexity index is 1360. The summed E-state index contributed by atoms with van der Waals surface area (Å²) in [6.07, 6.45) is 4.97. The number of esters is 1. The predicted molar refractivity (Wildman–Crippen MR) is 195 cm³/mol. The largest absolute Gasteiger partial charge is 0.469 e. The van der Waals surface area contributed by atoms with Crippen molar-refractivity contribution in [3.63, 3.8) is 0 Å². The van der Waals surface area contributed by atoms with Crippen molar-refractivity contribution in [3.05, 3.63) is 22.8 Å². The van der Waals surface area contributed by atoms with Crippen molar-refractivity contribution in [2.45, 2.75) is 161 Å². The van der Waals surface area contributed by atoms with Gasteiger partial charge >= 0.3 is 5.97 Å². The minimum Gasteiger partial charge on any atom is -0.469 e. The van der Waals surface area contributed by atoms with E-state index in [0.29, 0.717) is 37.7 Å². The maximum absolute atomic E-state index is 14.7. The van der Waals surface area contributed by atoms with Crippen LogP contribution in [0.3, 0.4) is 0 Å². The van der Waals surface area contributed by atoms with Gasteiger partial charge in [-0.15, -0.1) is 11.6 Å². The van der Waals surface area contributed by atoms with Crippen LogP contribution in [-0.4, -0.2) is 69.4 Å². The molecule has 0 amide bonds. The van der Waals surface area contributed by atoms with E-state index in [2.05, 4.69) is 0 Å². The molecular weight excluding hydrogens is 656 g/mol. The maximum atomic E-state index is 14.7. The molecule has 0 radical (unpaired) electrons. The van der Waals surface area contributed by atoms with E-state index in [1.54, 1.807) is 6.92 Å². The van der Waals surface area contributed by atoms with Crippen LogP contribution in [0, 0.1) is 40.9 Å². The highest BCUT2D eigenvalue weighted by Gasteiger charge is 2.60. The summed E-state index contributed by atoms with van der Waals surface area (Å²) in [5.74, 6) is -3.73. The number of rotatable bonds is 2. The minimum atomic E-state index is -1.67. The van der Waals surface area contributed by atoms with Crippen molar-refractivity contribution in [1.29, 1.82) is 0 Å². The fraction of sp³-hybridized carbons (Fsp3) is 0.805. The van der Waals surface area contributed by atoms with Crippen LogP contribution in [0.1, 0.15) is 132 Å². The fourth-order valence-electron chi connectivity index (χ4n) is 9.53. The number of Topliss-reactive ketones (excluding diaryl/α,β-unsaturated/α-hetero) is 3. The summed E-state index contributed by atoms with van der Waals surface area (Å²) in [5, 5.41) is 23.7. The number of methoxy groups -OCH3 is 1. The molecule has 4 rings (SSSR count). The van der Waals surface area contributed by atoms with Crippen LogP contribution in [0.2, 0.25) is 0 Å². The lowest BCUT2D eigenvalue weighted by Gasteiger charge is -2.49. The monoisotopic (exact) mass is 718 g/mol. The number of ketones is 3. The van der Waals surface area contributed by atoms with Crippen LogP contribution in [0.4, 0.5) is 0 Å². The average molecular weight is 719 g/mol. The molecule has 0 spiro atoms. The highest BCUT2D eigenvalue weighted by molar-refractivity contribution is 6.21. The van der Waals surface area contributed by atoms with Crippen molar-refractivity contribution in [2.24, 2.45) is 40.9 Å². The molecule has 8 nitrogen and oxygen atoms in total. The second kappa shape index (κ2) is 16.0. The van der Waals surface area contributed by atoms with E-state index >= 15 is 0 Å². The van der Waals surface area contributed by atoms with Gasteiger partial charge in [-0.3, -0.25) is 19.2 Å². The Morgan fingerprint density at radius 1 is 1.00 bits per heavy atom. The molecule has 0 aromatic rings. The van der Waals surface area contributed by atoms with E-state index in [1.165, 1.54) is 7.11 Å². The lowest BCUT2D eigenvalue weighted by molar-refractivity contribution is -0.167. The van der Waals surface area contributed by atoms with E-state index in [4.69, 9.17) is 21.1 Å². The molecule has 0 unspecified atom stereocenters. The number of allylic oxidation sites excluding steroid dienone is 3. The van der Waals surface area contributed by atoms with Gasteiger partial charge in [-0.25, -0.2) is 0 Å². The molecule has 2 heterocycles. The zero-order chi connectivity index (χ0) is 37.3. The zero-order valence-corrected chi connectivity index (χ0v) is 32.7. The van der Waals surface area contributed by atoms with Gasteiger partial charge in [0.05, 0.1) is 41.3 Å². The van der Waals surface area contributed by atoms with E-state index in [-0.39, 0.29) is 72.6 Å². The van der Waals surface area contributed by atoms with Crippen molar-refractivity contribution in [1.82, 2.24) is 0 Å². The molecule has 50 heavy (non-hydrogen) atoms. The normalized spacial score (nSPS) is 41.6. The lowest BCUT2D eigenvalue weighted by atomic mass is 9.52. The molecule has 282 valence electrons. The summed E-state index contributed by atoms with van der Waals surface area (Å²) < 4.78 is 12.1. The Balaban J connectivity index is 1.98. The molecular formula is C41H63ClO8. The van der Waals surface area contributed by atoms with Crippen LogP contribution in [-0.2, 0) is 28.7 Å². The number of ether oxygens (including phenoxy) is 2. The minimum absolute atomic E-state index is 0.0170. The highest BCUT2D eigenvalue weighted by Crippen LogP contribution is 2.56. The molecule has 2 aliphatic carbocycles. The third-order valence-electron chi connectivity index (χ3n) is 12.9. The van der Waals surface area contributed by atoms with Gasteiger partial charge < -0.3 is 19.7 Å². The lowest BCUT2D eigenvalue weighted by Crippen LogP contribution is -2.55. The van der Waals surface area contributed by atoms with Gasteiger partial charge in [0, 0.05) is 49.4 Å². The van der Waals surface area contributed by atoms with Gasteiger partial charge in [-0.2, -0.15) is 0 Å². The molecule has 4 aliphatic rings. The standard InChI is InChI=1S/C41H63ClO8/c1-23(2)28-20-31(43)26(5)12-10-11-24(3)18-32(44)29-19-27(6)37-30(41(29,22-33(28)45)38(47)49-9)17-25(4)13-14-35(42)40(8)16-15-36(50-40)39(7,48)21-34(37)46/h17,23-24,26,28-30,34-36,46,48H,10-16,18-22H2,1-9H3/t24-,26+,28-,29+,30-,34+,35-,36-,39-,40-,41+/m0/s1. The Morgan fingerprint density at radius 2 is 1.68 bits per heavy atom. The van der Waals surface area contributed by atoms with Gasteiger partial charge in [0.25, 0.3) is 0 Å². The summed E-state index contributed by atoms with van der Waals surface area (Å²) in [7, 11) is 1.29. The van der Waals surface area contributed by atoms with Crippen molar-refractivity contribution in [2.75, 3.05) is 7.11 Å². The first-order valence-electron chi connectivity index (χ1n) is 19.0. The second-order valence-electron chi connectivity index (χ2n) is 17.3.